The summed E-state index contributed by atoms with van der Waals surface area (Å²) in [5, 5.41) is 2.84. The van der Waals surface area contributed by atoms with E-state index < -0.39 is 5.97 Å². The molecule has 4 aromatic rings. The summed E-state index contributed by atoms with van der Waals surface area (Å²) in [6.07, 6.45) is 1.52. The van der Waals surface area contributed by atoms with Gasteiger partial charge in [0.25, 0.3) is 0 Å². The molecule has 4 rings (SSSR count). The number of hydrogen-bond donors (Lipinski definition) is 1. The highest BCUT2D eigenvalue weighted by atomic mass is 19.1. The van der Waals surface area contributed by atoms with Crippen LogP contribution < -0.4 is 5.32 Å². The van der Waals surface area contributed by atoms with Crippen LogP contribution in [0, 0.1) is 5.82 Å². The number of ether oxygens (including phenoxy) is 1. The first-order valence-electron chi connectivity index (χ1n) is 9.95. The van der Waals surface area contributed by atoms with Crippen molar-refractivity contribution >= 4 is 28.6 Å². The van der Waals surface area contributed by atoms with Crippen LogP contribution in [0.2, 0.25) is 0 Å². The fourth-order valence-corrected chi connectivity index (χ4v) is 3.45. The second-order valence-electron chi connectivity index (χ2n) is 7.42. The van der Waals surface area contributed by atoms with Crippen LogP contribution >= 0.6 is 0 Å². The zero-order chi connectivity index (χ0) is 22.0. The average Bonchev–Trinajstić information content (AvgIpc) is 3.29. The van der Waals surface area contributed by atoms with Crippen LogP contribution in [0.15, 0.2) is 72.9 Å². The summed E-state index contributed by atoms with van der Waals surface area (Å²) in [6.45, 7) is 3.48. The molecule has 6 nitrogen and oxygen atoms in total. The summed E-state index contributed by atoms with van der Waals surface area (Å²) < 4.78 is 22.2. The van der Waals surface area contributed by atoms with Gasteiger partial charge in [-0.15, -0.1) is 0 Å². The molecule has 0 bridgehead atoms. The Balaban J connectivity index is 1.73. The van der Waals surface area contributed by atoms with Crippen LogP contribution in [0.5, 0.6) is 0 Å². The summed E-state index contributed by atoms with van der Waals surface area (Å²) >= 11 is 0. The minimum atomic E-state index is -0.510. The molecule has 1 N–H and O–H groups in total. The summed E-state index contributed by atoms with van der Waals surface area (Å²) in [5.41, 5.74) is 3.11. The van der Waals surface area contributed by atoms with E-state index in [1.54, 1.807) is 48.7 Å². The van der Waals surface area contributed by atoms with Crippen molar-refractivity contribution in [3.63, 3.8) is 0 Å². The number of benzene rings is 2. The van der Waals surface area contributed by atoms with E-state index in [0.717, 1.165) is 11.2 Å². The fourth-order valence-electron chi connectivity index (χ4n) is 3.45. The predicted octanol–water partition coefficient (Wildman–Crippen LogP) is 4.78. The minimum Gasteiger partial charge on any atom is -0.458 e. The molecule has 0 atom stereocenters. The van der Waals surface area contributed by atoms with E-state index in [1.807, 2.05) is 35.0 Å². The zero-order valence-corrected chi connectivity index (χ0v) is 17.2. The molecule has 158 valence electrons. The number of fused-ring (bicyclic) bond motifs is 1. The lowest BCUT2D eigenvalue weighted by molar-refractivity contribution is -0.116. The van der Waals surface area contributed by atoms with E-state index in [9.17, 15) is 14.0 Å². The third-order valence-corrected chi connectivity index (χ3v) is 4.77. The number of nitrogens with zero attached hydrogens (tertiary/aromatic N) is 2. The maximum Gasteiger partial charge on any atom is 0.355 e. The van der Waals surface area contributed by atoms with Crippen LogP contribution in [0.3, 0.4) is 0 Å². The van der Waals surface area contributed by atoms with E-state index in [0.29, 0.717) is 11.2 Å². The molecule has 0 aliphatic carbocycles. The number of esters is 1. The Morgan fingerprint density at radius 1 is 1.00 bits per heavy atom. The quantitative estimate of drug-likeness (QED) is 0.458. The first-order chi connectivity index (χ1) is 14.9. The van der Waals surface area contributed by atoms with Gasteiger partial charge in [-0.1, -0.05) is 18.2 Å². The maximum atomic E-state index is 13.3. The van der Waals surface area contributed by atoms with Crippen molar-refractivity contribution in [1.82, 2.24) is 9.13 Å². The van der Waals surface area contributed by atoms with Crippen molar-refractivity contribution in [1.29, 1.82) is 0 Å². The Morgan fingerprint density at radius 2 is 1.71 bits per heavy atom. The van der Waals surface area contributed by atoms with Crippen molar-refractivity contribution in [2.75, 3.05) is 5.32 Å². The largest absolute Gasteiger partial charge is 0.458 e. The molecule has 0 saturated carbocycles. The third-order valence-electron chi connectivity index (χ3n) is 4.77. The molecule has 0 spiro atoms. The Hall–Kier alpha value is -3.87. The Bertz CT molecular complexity index is 1220. The van der Waals surface area contributed by atoms with Gasteiger partial charge in [-0.3, -0.25) is 4.79 Å². The molecule has 7 heteroatoms. The van der Waals surface area contributed by atoms with E-state index in [2.05, 4.69) is 5.32 Å². The average molecular weight is 419 g/mol. The van der Waals surface area contributed by atoms with Gasteiger partial charge in [0.05, 0.1) is 17.1 Å². The van der Waals surface area contributed by atoms with Gasteiger partial charge in [0.15, 0.2) is 0 Å². The standard InChI is InChI=1S/C24H22FN3O3/c1-16(2)31-24(30)22-14-21-20(12-13-27(21)19-10-8-17(25)9-11-19)28(22)15-23(29)26-18-6-4-3-5-7-18/h3-14,16H,15H2,1-2H3,(H,26,29). The van der Waals surface area contributed by atoms with E-state index >= 15 is 0 Å². The topological polar surface area (TPSA) is 65.3 Å². The van der Waals surface area contributed by atoms with Crippen molar-refractivity contribution in [3.05, 3.63) is 84.4 Å². The summed E-state index contributed by atoms with van der Waals surface area (Å²) in [4.78, 5) is 25.4. The van der Waals surface area contributed by atoms with Crippen LogP contribution in [0.4, 0.5) is 10.1 Å². The highest BCUT2D eigenvalue weighted by molar-refractivity contribution is 5.98. The number of aromatic nitrogens is 2. The van der Waals surface area contributed by atoms with E-state index in [4.69, 9.17) is 4.74 Å². The molecule has 2 aromatic carbocycles. The molecule has 0 aliphatic heterocycles. The maximum absolute atomic E-state index is 13.3. The molecular weight excluding hydrogens is 397 g/mol. The molecule has 31 heavy (non-hydrogen) atoms. The third kappa shape index (κ3) is 4.35. The summed E-state index contributed by atoms with van der Waals surface area (Å²) in [5.74, 6) is -1.11. The van der Waals surface area contributed by atoms with E-state index in [1.165, 1.54) is 12.1 Å². The first-order valence-corrected chi connectivity index (χ1v) is 9.95. The van der Waals surface area contributed by atoms with Crippen molar-refractivity contribution in [2.24, 2.45) is 0 Å². The molecule has 2 aromatic heterocycles. The second kappa shape index (κ2) is 8.47. The predicted molar refractivity (Wildman–Crippen MR) is 117 cm³/mol. The number of carbonyl (C=O) groups is 2. The van der Waals surface area contributed by atoms with Gasteiger partial charge in [0.1, 0.15) is 18.1 Å². The number of halogens is 1. The monoisotopic (exact) mass is 419 g/mol. The van der Waals surface area contributed by atoms with E-state index in [-0.39, 0.29) is 30.1 Å². The van der Waals surface area contributed by atoms with Gasteiger partial charge in [0, 0.05) is 17.6 Å². The number of rotatable bonds is 6. The normalized spacial score (nSPS) is 11.1. The highest BCUT2D eigenvalue weighted by Crippen LogP contribution is 2.26. The Kier molecular flexibility index (Phi) is 5.58. The fraction of sp³-hybridized carbons (Fsp3) is 0.167. The Labute approximate surface area is 178 Å². The van der Waals surface area contributed by atoms with Crippen molar-refractivity contribution in [2.45, 2.75) is 26.5 Å². The Morgan fingerprint density at radius 3 is 2.39 bits per heavy atom. The van der Waals surface area contributed by atoms with Gasteiger partial charge in [-0.05, 0) is 62.4 Å². The van der Waals surface area contributed by atoms with Crippen molar-refractivity contribution in [3.8, 4) is 5.69 Å². The number of carbonyl (C=O) groups excluding carboxylic acids is 2. The molecule has 0 radical (unpaired) electrons. The lowest BCUT2D eigenvalue weighted by atomic mass is 10.3. The van der Waals surface area contributed by atoms with Gasteiger partial charge in [-0.25, -0.2) is 9.18 Å². The van der Waals surface area contributed by atoms with Gasteiger partial charge in [0.2, 0.25) is 5.91 Å². The lowest BCUT2D eigenvalue weighted by Gasteiger charge is -2.12. The second-order valence-corrected chi connectivity index (χ2v) is 7.42. The van der Waals surface area contributed by atoms with Crippen LogP contribution in [0.25, 0.3) is 16.7 Å². The highest BCUT2D eigenvalue weighted by Gasteiger charge is 2.22. The molecular formula is C24H22FN3O3. The lowest BCUT2D eigenvalue weighted by Crippen LogP contribution is -2.22. The molecule has 1 amide bonds. The molecule has 0 unspecified atom stereocenters. The van der Waals surface area contributed by atoms with Crippen molar-refractivity contribution < 1.29 is 18.7 Å². The van der Waals surface area contributed by atoms with Gasteiger partial charge < -0.3 is 19.2 Å². The number of amides is 1. The minimum absolute atomic E-state index is 0.0612. The molecule has 0 aliphatic rings. The zero-order valence-electron chi connectivity index (χ0n) is 17.2. The van der Waals surface area contributed by atoms with Gasteiger partial charge in [-0.2, -0.15) is 0 Å². The summed E-state index contributed by atoms with van der Waals surface area (Å²) in [7, 11) is 0. The first kappa shape index (κ1) is 20.4. The number of nitrogens with one attached hydrogen (secondary N) is 1. The van der Waals surface area contributed by atoms with Gasteiger partial charge >= 0.3 is 5.97 Å². The number of para-hydroxylation sites is 1. The van der Waals surface area contributed by atoms with Crippen LogP contribution in [-0.4, -0.2) is 27.1 Å². The molecule has 2 heterocycles. The molecule has 0 fully saturated rings. The van der Waals surface area contributed by atoms with Crippen LogP contribution in [0.1, 0.15) is 24.3 Å². The SMILES string of the molecule is CC(C)OC(=O)c1cc2c(ccn2-c2ccc(F)cc2)n1CC(=O)Nc1ccccc1. The summed E-state index contributed by atoms with van der Waals surface area (Å²) in [6, 6.07) is 18.7. The van der Waals surface area contributed by atoms with Crippen LogP contribution in [-0.2, 0) is 16.1 Å². The number of hydrogen-bond acceptors (Lipinski definition) is 3. The smallest absolute Gasteiger partial charge is 0.355 e. The molecule has 0 saturated heterocycles. The number of anilines is 1.